The lowest BCUT2D eigenvalue weighted by atomic mass is 9.97. The van der Waals surface area contributed by atoms with Gasteiger partial charge in [-0.05, 0) is 74.5 Å². The molecule has 2 aromatic heterocycles. The van der Waals surface area contributed by atoms with E-state index in [1.165, 1.54) is 33.0 Å². The van der Waals surface area contributed by atoms with Crippen LogP contribution in [0.5, 0.6) is 0 Å². The summed E-state index contributed by atoms with van der Waals surface area (Å²) in [5.41, 5.74) is 13.7. The molecule has 8 aromatic carbocycles. The van der Waals surface area contributed by atoms with Crippen LogP contribution in [0.3, 0.4) is 0 Å². The topological polar surface area (TPSA) is 38.9 Å². The SMILES string of the molecule is c1ccc(-c2nc(-c3ccc(-c4ccc(-c5ccc6oc7ccccc7c6c5)cc4)cc3)cc(-c3ccc(-c4ccc5ccccc5c4)cc3)n2)cc1. The summed E-state index contributed by atoms with van der Waals surface area (Å²) in [6.07, 6.45) is 0. The molecule has 0 saturated carbocycles. The van der Waals surface area contributed by atoms with Crippen molar-refractivity contribution in [1.82, 2.24) is 9.97 Å². The first kappa shape index (κ1) is 30.7. The number of para-hydroxylation sites is 1. The number of aromatic nitrogens is 2. The van der Waals surface area contributed by atoms with E-state index in [1.807, 2.05) is 30.3 Å². The zero-order valence-electron chi connectivity index (χ0n) is 28.8. The Hall–Kier alpha value is -7.10. The van der Waals surface area contributed by atoms with Gasteiger partial charge in [-0.1, -0.05) is 164 Å². The third-order valence-corrected chi connectivity index (χ3v) is 10.1. The fourth-order valence-electron chi connectivity index (χ4n) is 7.26. The quantitative estimate of drug-likeness (QED) is 0.176. The van der Waals surface area contributed by atoms with Gasteiger partial charge in [-0.3, -0.25) is 0 Å². The Morgan fingerprint density at radius 1 is 0.283 bits per heavy atom. The molecule has 248 valence electrons. The molecule has 0 unspecified atom stereocenters. The Balaban J connectivity index is 0.950. The number of hydrogen-bond acceptors (Lipinski definition) is 3. The fourth-order valence-corrected chi connectivity index (χ4v) is 7.26. The van der Waals surface area contributed by atoms with Crippen molar-refractivity contribution in [3.8, 4) is 67.3 Å². The number of furan rings is 1. The molecule has 0 amide bonds. The largest absolute Gasteiger partial charge is 0.456 e. The Bertz CT molecular complexity index is 2910. The van der Waals surface area contributed by atoms with Crippen LogP contribution in [-0.2, 0) is 0 Å². The van der Waals surface area contributed by atoms with Gasteiger partial charge < -0.3 is 4.42 Å². The lowest BCUT2D eigenvalue weighted by Gasteiger charge is -2.11. The molecule has 0 N–H and O–H groups in total. The van der Waals surface area contributed by atoms with Gasteiger partial charge in [0.2, 0.25) is 0 Å². The van der Waals surface area contributed by atoms with E-state index in [9.17, 15) is 0 Å². The second-order valence-corrected chi connectivity index (χ2v) is 13.4. The lowest BCUT2D eigenvalue weighted by molar-refractivity contribution is 0.669. The normalized spacial score (nSPS) is 11.4. The molecule has 0 aliphatic rings. The van der Waals surface area contributed by atoms with Crippen molar-refractivity contribution in [2.45, 2.75) is 0 Å². The molecule has 0 aliphatic carbocycles. The van der Waals surface area contributed by atoms with E-state index in [-0.39, 0.29) is 0 Å². The van der Waals surface area contributed by atoms with Crippen molar-refractivity contribution in [1.29, 1.82) is 0 Å². The maximum Gasteiger partial charge on any atom is 0.160 e. The molecule has 0 spiro atoms. The third kappa shape index (κ3) is 5.85. The Labute approximate surface area is 307 Å². The van der Waals surface area contributed by atoms with E-state index in [4.69, 9.17) is 14.4 Å². The highest BCUT2D eigenvalue weighted by molar-refractivity contribution is 6.06. The third-order valence-electron chi connectivity index (χ3n) is 10.1. The summed E-state index contributed by atoms with van der Waals surface area (Å²) in [7, 11) is 0. The van der Waals surface area contributed by atoms with Crippen LogP contribution in [0.2, 0.25) is 0 Å². The molecule has 10 rings (SSSR count). The van der Waals surface area contributed by atoms with Crippen LogP contribution < -0.4 is 0 Å². The molecular weight excluding hydrogens is 645 g/mol. The maximum absolute atomic E-state index is 6.04. The molecule has 53 heavy (non-hydrogen) atoms. The molecule has 0 saturated heterocycles. The minimum absolute atomic E-state index is 0.706. The summed E-state index contributed by atoms with van der Waals surface area (Å²) in [5, 5.41) is 4.76. The highest BCUT2D eigenvalue weighted by atomic mass is 16.3. The second kappa shape index (κ2) is 12.9. The zero-order chi connectivity index (χ0) is 35.1. The number of nitrogens with zero attached hydrogens (tertiary/aromatic N) is 2. The van der Waals surface area contributed by atoms with Crippen LogP contribution in [0.1, 0.15) is 0 Å². The first-order chi connectivity index (χ1) is 26.2. The minimum Gasteiger partial charge on any atom is -0.456 e. The number of rotatable bonds is 6. The van der Waals surface area contributed by atoms with Crippen LogP contribution in [-0.4, -0.2) is 9.97 Å². The van der Waals surface area contributed by atoms with Gasteiger partial charge in [0.25, 0.3) is 0 Å². The fraction of sp³-hybridized carbons (Fsp3) is 0. The highest BCUT2D eigenvalue weighted by Gasteiger charge is 2.13. The number of benzene rings is 8. The summed E-state index contributed by atoms with van der Waals surface area (Å²) in [6, 6.07) is 68.2. The van der Waals surface area contributed by atoms with Crippen molar-refractivity contribution in [3.63, 3.8) is 0 Å². The predicted octanol–water partition coefficient (Wildman–Crippen LogP) is 13.5. The smallest absolute Gasteiger partial charge is 0.160 e. The lowest BCUT2D eigenvalue weighted by Crippen LogP contribution is -1.96. The molecular formula is C50H32N2O. The maximum atomic E-state index is 6.04. The Morgan fingerprint density at radius 2 is 0.755 bits per heavy atom. The van der Waals surface area contributed by atoms with Gasteiger partial charge in [0.1, 0.15) is 11.2 Å². The minimum atomic E-state index is 0.706. The van der Waals surface area contributed by atoms with Gasteiger partial charge in [-0.15, -0.1) is 0 Å². The number of fused-ring (bicyclic) bond motifs is 4. The standard InChI is InChI=1S/C50H32N2O/c1-2-9-40(10-3-1)50-51-46(32-47(52-50)39-25-20-36(21-26-39)42-27-22-33-8-4-5-11-41(33)30-42)38-23-18-35(19-24-38)34-14-16-37(17-15-34)43-28-29-49-45(31-43)44-12-6-7-13-48(44)53-49/h1-32H. The van der Waals surface area contributed by atoms with Gasteiger partial charge in [0.05, 0.1) is 11.4 Å². The Kier molecular flexibility index (Phi) is 7.47. The molecule has 2 heterocycles. The van der Waals surface area contributed by atoms with Crippen LogP contribution >= 0.6 is 0 Å². The van der Waals surface area contributed by atoms with Gasteiger partial charge in [0.15, 0.2) is 5.82 Å². The average Bonchev–Trinajstić information content (AvgIpc) is 3.62. The molecule has 10 aromatic rings. The molecule has 3 heteroatoms. The van der Waals surface area contributed by atoms with E-state index < -0.39 is 0 Å². The van der Waals surface area contributed by atoms with E-state index >= 15 is 0 Å². The van der Waals surface area contributed by atoms with Crippen molar-refractivity contribution in [2.24, 2.45) is 0 Å². The molecule has 0 atom stereocenters. The second-order valence-electron chi connectivity index (χ2n) is 13.4. The molecule has 3 nitrogen and oxygen atoms in total. The van der Waals surface area contributed by atoms with Crippen molar-refractivity contribution >= 4 is 32.7 Å². The van der Waals surface area contributed by atoms with Gasteiger partial charge >= 0.3 is 0 Å². The van der Waals surface area contributed by atoms with E-state index in [0.29, 0.717) is 5.82 Å². The molecule has 0 aliphatic heterocycles. The van der Waals surface area contributed by atoms with Gasteiger partial charge in [-0.2, -0.15) is 0 Å². The summed E-state index contributed by atoms with van der Waals surface area (Å²) < 4.78 is 6.04. The van der Waals surface area contributed by atoms with Crippen molar-refractivity contribution < 1.29 is 4.42 Å². The summed E-state index contributed by atoms with van der Waals surface area (Å²) in [4.78, 5) is 10.1. The Morgan fingerprint density at radius 3 is 1.42 bits per heavy atom. The van der Waals surface area contributed by atoms with Gasteiger partial charge in [0, 0.05) is 27.5 Å². The number of hydrogen-bond donors (Lipinski definition) is 0. The van der Waals surface area contributed by atoms with E-state index in [2.05, 4.69) is 164 Å². The summed E-state index contributed by atoms with van der Waals surface area (Å²) in [6.45, 7) is 0. The first-order valence-electron chi connectivity index (χ1n) is 17.9. The average molecular weight is 677 g/mol. The van der Waals surface area contributed by atoms with Crippen LogP contribution in [0.15, 0.2) is 199 Å². The summed E-state index contributed by atoms with van der Waals surface area (Å²) in [5.74, 6) is 0.706. The van der Waals surface area contributed by atoms with Crippen molar-refractivity contribution in [3.05, 3.63) is 194 Å². The van der Waals surface area contributed by atoms with Gasteiger partial charge in [-0.25, -0.2) is 9.97 Å². The first-order valence-corrected chi connectivity index (χ1v) is 17.9. The van der Waals surface area contributed by atoms with E-state index in [0.717, 1.165) is 61.1 Å². The van der Waals surface area contributed by atoms with E-state index in [1.54, 1.807) is 0 Å². The van der Waals surface area contributed by atoms with Crippen LogP contribution in [0, 0.1) is 0 Å². The monoisotopic (exact) mass is 676 g/mol. The zero-order valence-corrected chi connectivity index (χ0v) is 28.8. The molecule has 0 bridgehead atoms. The summed E-state index contributed by atoms with van der Waals surface area (Å²) >= 11 is 0. The van der Waals surface area contributed by atoms with Crippen LogP contribution in [0.25, 0.3) is 100.0 Å². The van der Waals surface area contributed by atoms with Crippen molar-refractivity contribution in [2.75, 3.05) is 0 Å². The highest BCUT2D eigenvalue weighted by Crippen LogP contribution is 2.35. The van der Waals surface area contributed by atoms with Crippen LogP contribution in [0.4, 0.5) is 0 Å². The predicted molar refractivity (Wildman–Crippen MR) is 219 cm³/mol. The molecule has 0 fully saturated rings. The molecule has 0 radical (unpaired) electrons.